The van der Waals surface area contributed by atoms with Crippen LogP contribution in [0.15, 0.2) is 17.0 Å². The van der Waals surface area contributed by atoms with E-state index in [9.17, 15) is 13.2 Å². The van der Waals surface area contributed by atoms with Crippen LogP contribution < -0.4 is 4.90 Å². The molecule has 0 aliphatic heterocycles. The summed E-state index contributed by atoms with van der Waals surface area (Å²) in [5.74, 6) is 0.321. The van der Waals surface area contributed by atoms with Crippen molar-refractivity contribution in [3.8, 4) is 0 Å². The molecular weight excluding hydrogens is 287 g/mol. The molecule has 0 aromatic carbocycles. The van der Waals surface area contributed by atoms with E-state index in [-0.39, 0.29) is 6.04 Å². The molecule has 0 spiro atoms. The van der Waals surface area contributed by atoms with Gasteiger partial charge in [-0.3, -0.25) is 0 Å². The molecule has 2 rings (SSSR count). The third kappa shape index (κ3) is 3.07. The third-order valence-corrected chi connectivity index (χ3v) is 2.68. The van der Waals surface area contributed by atoms with Gasteiger partial charge in [0.05, 0.1) is 0 Å². The molecule has 1 fully saturated rings. The van der Waals surface area contributed by atoms with E-state index in [1.165, 1.54) is 17.3 Å². The fourth-order valence-electron chi connectivity index (χ4n) is 1.46. The molecule has 0 N–H and O–H groups in total. The second kappa shape index (κ2) is 4.20. The van der Waals surface area contributed by atoms with Gasteiger partial charge in [0.25, 0.3) is 0 Å². The molecule has 0 amide bonds. The summed E-state index contributed by atoms with van der Waals surface area (Å²) < 4.78 is 37.6. The van der Waals surface area contributed by atoms with Crippen LogP contribution in [-0.2, 0) is 0 Å². The van der Waals surface area contributed by atoms with Crippen molar-refractivity contribution in [3.63, 3.8) is 0 Å². The topological polar surface area (TPSA) is 29.0 Å². The Labute approximate surface area is 98.8 Å². The third-order valence-electron chi connectivity index (χ3n) is 2.25. The molecule has 1 aliphatic carbocycles. The molecule has 7 heteroatoms. The average molecular weight is 296 g/mol. The smallest absolute Gasteiger partial charge is 0.344 e. The lowest BCUT2D eigenvalue weighted by molar-refractivity contribution is -0.120. The lowest BCUT2D eigenvalue weighted by atomic mass is 10.4. The summed E-state index contributed by atoms with van der Waals surface area (Å²) in [6, 6.07) is 1.47. The average Bonchev–Trinajstić information content (AvgIpc) is 2.96. The molecule has 1 heterocycles. The van der Waals surface area contributed by atoms with Crippen LogP contribution in [-0.4, -0.2) is 28.7 Å². The van der Waals surface area contributed by atoms with Gasteiger partial charge in [-0.25, -0.2) is 9.97 Å². The number of aromatic nitrogens is 2. The van der Waals surface area contributed by atoms with Gasteiger partial charge in [-0.15, -0.1) is 0 Å². The highest BCUT2D eigenvalue weighted by Crippen LogP contribution is 2.33. The van der Waals surface area contributed by atoms with E-state index in [0.717, 1.165) is 12.8 Å². The summed E-state index contributed by atoms with van der Waals surface area (Å²) in [4.78, 5) is 8.95. The van der Waals surface area contributed by atoms with Crippen molar-refractivity contribution in [3.05, 3.63) is 17.0 Å². The number of hydrogen-bond acceptors (Lipinski definition) is 3. The minimum absolute atomic E-state index is 0.0385. The number of hydrogen-bond donors (Lipinski definition) is 0. The summed E-state index contributed by atoms with van der Waals surface area (Å²) >= 11 is 3.12. The van der Waals surface area contributed by atoms with Crippen molar-refractivity contribution in [1.82, 2.24) is 9.97 Å². The van der Waals surface area contributed by atoms with Gasteiger partial charge in [0, 0.05) is 12.1 Å². The van der Waals surface area contributed by atoms with E-state index in [1.807, 2.05) is 0 Å². The molecule has 1 saturated carbocycles. The van der Waals surface area contributed by atoms with Crippen molar-refractivity contribution < 1.29 is 13.2 Å². The minimum atomic E-state index is -4.21. The zero-order valence-corrected chi connectivity index (χ0v) is 9.79. The summed E-state index contributed by atoms with van der Waals surface area (Å²) in [6.07, 6.45) is -1.37. The van der Waals surface area contributed by atoms with Gasteiger partial charge in [-0.05, 0) is 28.8 Å². The Morgan fingerprint density at radius 1 is 1.38 bits per heavy atom. The number of anilines is 1. The molecule has 0 unspecified atom stereocenters. The van der Waals surface area contributed by atoms with Gasteiger partial charge in [0.1, 0.15) is 23.3 Å². The highest BCUT2D eigenvalue weighted by Gasteiger charge is 2.38. The Balaban J connectivity index is 2.19. The lowest BCUT2D eigenvalue weighted by Crippen LogP contribution is -2.36. The molecule has 1 aromatic heterocycles. The van der Waals surface area contributed by atoms with E-state index in [0.29, 0.717) is 10.4 Å². The molecular formula is C9H9BrF3N3. The molecule has 0 bridgehead atoms. The van der Waals surface area contributed by atoms with Gasteiger partial charge >= 0.3 is 6.18 Å². The quantitative estimate of drug-likeness (QED) is 0.803. The van der Waals surface area contributed by atoms with Crippen LogP contribution in [0.2, 0.25) is 0 Å². The van der Waals surface area contributed by atoms with Crippen molar-refractivity contribution in [1.29, 1.82) is 0 Å². The Morgan fingerprint density at radius 2 is 2.06 bits per heavy atom. The van der Waals surface area contributed by atoms with Crippen LogP contribution in [0.4, 0.5) is 19.0 Å². The number of alkyl halides is 3. The number of halogens is 4. The fraction of sp³-hybridized carbons (Fsp3) is 0.556. The molecule has 0 radical (unpaired) electrons. The predicted molar refractivity (Wildman–Crippen MR) is 56.2 cm³/mol. The lowest BCUT2D eigenvalue weighted by Gasteiger charge is -2.24. The highest BCUT2D eigenvalue weighted by molar-refractivity contribution is 9.10. The van der Waals surface area contributed by atoms with Crippen LogP contribution >= 0.6 is 15.9 Å². The van der Waals surface area contributed by atoms with Crippen LogP contribution in [0.3, 0.4) is 0 Å². The fourth-order valence-corrected chi connectivity index (χ4v) is 1.75. The molecule has 0 atom stereocenters. The maximum atomic E-state index is 12.4. The first-order valence-corrected chi connectivity index (χ1v) is 5.56. The van der Waals surface area contributed by atoms with E-state index in [4.69, 9.17) is 0 Å². The molecule has 16 heavy (non-hydrogen) atoms. The second-order valence-corrected chi connectivity index (χ2v) is 4.49. The number of rotatable bonds is 3. The Hall–Kier alpha value is -0.850. The maximum absolute atomic E-state index is 12.4. The van der Waals surface area contributed by atoms with Gasteiger partial charge in [-0.2, -0.15) is 13.2 Å². The first-order chi connectivity index (χ1) is 7.46. The first kappa shape index (κ1) is 11.6. The minimum Gasteiger partial charge on any atom is -0.344 e. The molecule has 1 aliphatic rings. The van der Waals surface area contributed by atoms with Gasteiger partial charge < -0.3 is 4.90 Å². The van der Waals surface area contributed by atoms with Crippen molar-refractivity contribution in [2.75, 3.05) is 11.4 Å². The zero-order chi connectivity index (χ0) is 11.8. The van der Waals surface area contributed by atoms with Crippen LogP contribution in [0.1, 0.15) is 12.8 Å². The predicted octanol–water partition coefficient (Wildman–Crippen LogP) is 2.77. The molecule has 3 nitrogen and oxygen atoms in total. The SMILES string of the molecule is FC(F)(F)CN(c1cc(Br)ncn1)C1CC1. The maximum Gasteiger partial charge on any atom is 0.405 e. The van der Waals surface area contributed by atoms with Crippen molar-refractivity contribution in [2.24, 2.45) is 0 Å². The Morgan fingerprint density at radius 3 is 2.56 bits per heavy atom. The standard InChI is InChI=1S/C9H9BrF3N3/c10-7-3-8(15-5-14-7)16(6-1-2-6)4-9(11,12)13/h3,5-6H,1-2,4H2. The Kier molecular flexibility index (Phi) is 3.05. The Bertz CT molecular complexity index is 379. The van der Waals surface area contributed by atoms with E-state index in [2.05, 4.69) is 25.9 Å². The van der Waals surface area contributed by atoms with E-state index in [1.54, 1.807) is 0 Å². The molecule has 1 aromatic rings. The summed E-state index contributed by atoms with van der Waals surface area (Å²) in [7, 11) is 0. The van der Waals surface area contributed by atoms with Crippen LogP contribution in [0.5, 0.6) is 0 Å². The van der Waals surface area contributed by atoms with Crippen LogP contribution in [0.25, 0.3) is 0 Å². The summed E-state index contributed by atoms with van der Waals surface area (Å²) in [5.41, 5.74) is 0. The monoisotopic (exact) mass is 295 g/mol. The summed E-state index contributed by atoms with van der Waals surface area (Å²) in [5, 5.41) is 0. The first-order valence-electron chi connectivity index (χ1n) is 4.76. The molecule has 88 valence electrons. The summed E-state index contributed by atoms with van der Waals surface area (Å²) in [6.45, 7) is -0.957. The normalized spacial score (nSPS) is 16.2. The zero-order valence-electron chi connectivity index (χ0n) is 8.21. The van der Waals surface area contributed by atoms with Gasteiger partial charge in [0.15, 0.2) is 0 Å². The largest absolute Gasteiger partial charge is 0.405 e. The highest BCUT2D eigenvalue weighted by atomic mass is 79.9. The number of nitrogens with zero attached hydrogens (tertiary/aromatic N) is 3. The van der Waals surface area contributed by atoms with Crippen molar-refractivity contribution >= 4 is 21.7 Å². The van der Waals surface area contributed by atoms with Crippen molar-refractivity contribution in [2.45, 2.75) is 25.1 Å². The molecule has 0 saturated heterocycles. The second-order valence-electron chi connectivity index (χ2n) is 3.67. The van der Waals surface area contributed by atoms with Gasteiger partial charge in [-0.1, -0.05) is 0 Å². The van der Waals surface area contributed by atoms with Gasteiger partial charge in [0.2, 0.25) is 0 Å². The van der Waals surface area contributed by atoms with E-state index < -0.39 is 12.7 Å². The van der Waals surface area contributed by atoms with Crippen LogP contribution in [0, 0.1) is 0 Å². The van der Waals surface area contributed by atoms with E-state index >= 15 is 0 Å².